The second-order valence-electron chi connectivity index (χ2n) is 11.4. The maximum absolute atomic E-state index is 13.2. The van der Waals surface area contributed by atoms with Crippen LogP contribution in [0.25, 0.3) is 0 Å². The van der Waals surface area contributed by atoms with Gasteiger partial charge in [-0.1, -0.05) is 24.3 Å². The van der Waals surface area contributed by atoms with Crippen molar-refractivity contribution < 1.29 is 18.7 Å². The average Bonchev–Trinajstić information content (AvgIpc) is 2.98. The standard InChI is InChI=1S/C34H40FN3O3/c1-23-20-31(41-3)21-24(2)32(23)33(39)36-29-12-16-37(17-13-29)30-14-18-38(19-15-30)34(40)27-8-4-25(5-9-27)22-26-6-10-28(35)11-7-26/h4-11,20-21,29-30H,12-19,22H2,1-3H3,(H,36,39). The average molecular weight is 558 g/mol. The molecular formula is C34H40FN3O3. The summed E-state index contributed by atoms with van der Waals surface area (Å²) in [4.78, 5) is 30.7. The van der Waals surface area contributed by atoms with E-state index in [1.165, 1.54) is 12.1 Å². The molecule has 5 rings (SSSR count). The molecular weight excluding hydrogens is 517 g/mol. The summed E-state index contributed by atoms with van der Waals surface area (Å²) in [5, 5.41) is 3.26. The molecule has 0 spiro atoms. The zero-order chi connectivity index (χ0) is 28.9. The van der Waals surface area contributed by atoms with E-state index < -0.39 is 0 Å². The molecule has 2 fully saturated rings. The normalized spacial score (nSPS) is 16.9. The lowest BCUT2D eigenvalue weighted by molar-refractivity contribution is 0.0566. The third kappa shape index (κ3) is 6.96. The van der Waals surface area contributed by atoms with Gasteiger partial charge in [0.05, 0.1) is 7.11 Å². The van der Waals surface area contributed by atoms with Gasteiger partial charge in [-0.2, -0.15) is 0 Å². The quantitative estimate of drug-likeness (QED) is 0.414. The van der Waals surface area contributed by atoms with E-state index in [1.54, 1.807) is 19.2 Å². The number of nitrogens with zero attached hydrogens (tertiary/aromatic N) is 2. The Hall–Kier alpha value is -3.71. The fourth-order valence-corrected chi connectivity index (χ4v) is 6.29. The molecule has 0 saturated carbocycles. The molecule has 0 atom stereocenters. The minimum atomic E-state index is -0.234. The van der Waals surface area contributed by atoms with Crippen LogP contribution in [0.1, 0.15) is 68.7 Å². The predicted molar refractivity (Wildman–Crippen MR) is 159 cm³/mol. The van der Waals surface area contributed by atoms with Crippen molar-refractivity contribution in [3.05, 3.63) is 99.9 Å². The molecule has 7 heteroatoms. The zero-order valence-corrected chi connectivity index (χ0v) is 24.3. The fraction of sp³-hybridized carbons (Fsp3) is 0.412. The molecule has 0 radical (unpaired) electrons. The van der Waals surface area contributed by atoms with Crippen molar-refractivity contribution in [2.45, 2.75) is 58.0 Å². The fourth-order valence-electron chi connectivity index (χ4n) is 6.29. The molecule has 0 aromatic heterocycles. The predicted octanol–water partition coefficient (Wildman–Crippen LogP) is 5.54. The maximum atomic E-state index is 13.2. The Morgan fingerprint density at radius 1 is 0.854 bits per heavy atom. The number of amides is 2. The highest BCUT2D eigenvalue weighted by Crippen LogP contribution is 2.25. The number of carbonyl (C=O) groups excluding carboxylic acids is 2. The van der Waals surface area contributed by atoms with Crippen LogP contribution < -0.4 is 10.1 Å². The molecule has 1 N–H and O–H groups in total. The minimum absolute atomic E-state index is 0.00332. The van der Waals surface area contributed by atoms with Gasteiger partial charge in [-0.05, 0) is 105 Å². The van der Waals surface area contributed by atoms with E-state index in [9.17, 15) is 14.0 Å². The van der Waals surface area contributed by atoms with Crippen molar-refractivity contribution in [2.75, 3.05) is 33.3 Å². The summed E-state index contributed by atoms with van der Waals surface area (Å²) in [6.07, 6.45) is 4.51. The molecule has 3 aromatic rings. The molecule has 6 nitrogen and oxygen atoms in total. The van der Waals surface area contributed by atoms with Gasteiger partial charge in [0, 0.05) is 49.4 Å². The van der Waals surface area contributed by atoms with E-state index in [4.69, 9.17) is 4.74 Å². The summed E-state index contributed by atoms with van der Waals surface area (Å²) in [7, 11) is 1.64. The molecule has 2 amide bonds. The van der Waals surface area contributed by atoms with Crippen molar-refractivity contribution in [3.63, 3.8) is 0 Å². The molecule has 0 bridgehead atoms. The number of hydrogen-bond donors (Lipinski definition) is 1. The largest absolute Gasteiger partial charge is 0.497 e. The highest BCUT2D eigenvalue weighted by molar-refractivity contribution is 5.97. The van der Waals surface area contributed by atoms with Crippen LogP contribution in [-0.2, 0) is 6.42 Å². The summed E-state index contributed by atoms with van der Waals surface area (Å²) in [6.45, 7) is 7.34. The van der Waals surface area contributed by atoms with Crippen LogP contribution in [0.3, 0.4) is 0 Å². The van der Waals surface area contributed by atoms with Crippen LogP contribution in [0.4, 0.5) is 4.39 Å². The number of hydrogen-bond acceptors (Lipinski definition) is 4. The number of likely N-dealkylation sites (tertiary alicyclic amines) is 2. The Balaban J connectivity index is 1.07. The van der Waals surface area contributed by atoms with Crippen molar-refractivity contribution in [1.29, 1.82) is 0 Å². The van der Waals surface area contributed by atoms with E-state index in [1.807, 2.05) is 55.1 Å². The maximum Gasteiger partial charge on any atom is 0.253 e. The number of methoxy groups -OCH3 is 1. The first-order chi connectivity index (χ1) is 19.8. The smallest absolute Gasteiger partial charge is 0.253 e. The van der Waals surface area contributed by atoms with Gasteiger partial charge in [-0.25, -0.2) is 4.39 Å². The molecule has 0 unspecified atom stereocenters. The second-order valence-corrected chi connectivity index (χ2v) is 11.4. The Morgan fingerprint density at radius 2 is 1.41 bits per heavy atom. The van der Waals surface area contributed by atoms with Gasteiger partial charge in [-0.3, -0.25) is 9.59 Å². The zero-order valence-electron chi connectivity index (χ0n) is 24.3. The van der Waals surface area contributed by atoms with E-state index in [2.05, 4.69) is 10.2 Å². The molecule has 0 aliphatic carbocycles. The van der Waals surface area contributed by atoms with Crippen molar-refractivity contribution in [3.8, 4) is 5.75 Å². The first kappa shape index (κ1) is 28.8. The Labute approximate surface area is 242 Å². The van der Waals surface area contributed by atoms with Gasteiger partial charge in [0.25, 0.3) is 11.8 Å². The van der Waals surface area contributed by atoms with Crippen molar-refractivity contribution in [2.24, 2.45) is 0 Å². The van der Waals surface area contributed by atoms with Crippen molar-refractivity contribution in [1.82, 2.24) is 15.1 Å². The molecule has 2 aliphatic rings. The highest BCUT2D eigenvalue weighted by Gasteiger charge is 2.30. The molecule has 2 heterocycles. The number of aryl methyl sites for hydroxylation is 2. The summed E-state index contributed by atoms with van der Waals surface area (Å²) < 4.78 is 18.5. The Bertz CT molecular complexity index is 1330. The SMILES string of the molecule is COc1cc(C)c(C(=O)NC2CCN(C3CCN(C(=O)c4ccc(Cc5ccc(F)cc5)cc4)CC3)CC2)c(C)c1. The van der Waals surface area contributed by atoms with E-state index in [-0.39, 0.29) is 23.7 Å². The second kappa shape index (κ2) is 12.9. The number of halogens is 1. The van der Waals surface area contributed by atoms with Gasteiger partial charge < -0.3 is 19.9 Å². The van der Waals surface area contributed by atoms with Crippen LogP contribution >= 0.6 is 0 Å². The van der Waals surface area contributed by atoms with Gasteiger partial charge in [0.15, 0.2) is 0 Å². The van der Waals surface area contributed by atoms with Gasteiger partial charge in [0.1, 0.15) is 11.6 Å². The molecule has 216 valence electrons. The van der Waals surface area contributed by atoms with Gasteiger partial charge in [0.2, 0.25) is 0 Å². The number of ether oxygens (including phenoxy) is 1. The summed E-state index contributed by atoms with van der Waals surface area (Å²) in [5.74, 6) is 0.620. The Morgan fingerprint density at radius 3 is 1.98 bits per heavy atom. The third-order valence-electron chi connectivity index (χ3n) is 8.62. The first-order valence-corrected chi connectivity index (χ1v) is 14.6. The molecule has 2 saturated heterocycles. The lowest BCUT2D eigenvalue weighted by atomic mass is 9.96. The summed E-state index contributed by atoms with van der Waals surface area (Å²) >= 11 is 0. The van der Waals surface area contributed by atoms with E-state index in [0.29, 0.717) is 18.0 Å². The number of carbonyl (C=O) groups is 2. The summed E-state index contributed by atoms with van der Waals surface area (Å²) in [6, 6.07) is 18.8. The lowest BCUT2D eigenvalue weighted by Gasteiger charge is -2.42. The monoisotopic (exact) mass is 557 g/mol. The van der Waals surface area contributed by atoms with E-state index >= 15 is 0 Å². The number of benzene rings is 3. The lowest BCUT2D eigenvalue weighted by Crippen LogP contribution is -2.51. The van der Waals surface area contributed by atoms with Crippen LogP contribution in [0.5, 0.6) is 5.75 Å². The number of nitrogens with one attached hydrogen (secondary N) is 1. The van der Waals surface area contributed by atoms with Crippen LogP contribution in [0, 0.1) is 19.7 Å². The Kier molecular flexibility index (Phi) is 9.03. The topological polar surface area (TPSA) is 61.9 Å². The number of piperidine rings is 2. The van der Waals surface area contributed by atoms with Crippen molar-refractivity contribution >= 4 is 11.8 Å². The van der Waals surface area contributed by atoms with Gasteiger partial charge in [-0.15, -0.1) is 0 Å². The molecule has 41 heavy (non-hydrogen) atoms. The first-order valence-electron chi connectivity index (χ1n) is 14.6. The molecule has 3 aromatic carbocycles. The van der Waals surface area contributed by atoms with Gasteiger partial charge >= 0.3 is 0 Å². The van der Waals surface area contributed by atoms with Crippen LogP contribution in [0.15, 0.2) is 60.7 Å². The third-order valence-corrected chi connectivity index (χ3v) is 8.62. The minimum Gasteiger partial charge on any atom is -0.497 e. The highest BCUT2D eigenvalue weighted by atomic mass is 19.1. The van der Waals surface area contributed by atoms with Crippen LogP contribution in [-0.4, -0.2) is 67.0 Å². The summed E-state index contributed by atoms with van der Waals surface area (Å²) in [5.41, 5.74) is 5.46. The van der Waals surface area contributed by atoms with E-state index in [0.717, 1.165) is 85.4 Å². The van der Waals surface area contributed by atoms with Crippen LogP contribution in [0.2, 0.25) is 0 Å². The number of rotatable bonds is 7. The molecule has 2 aliphatic heterocycles.